The normalized spacial score (nSPS) is 25.8. The van der Waals surface area contributed by atoms with Crippen LogP contribution < -0.4 is 21.3 Å². The number of rotatable bonds is 8. The fraction of sp³-hybridized carbons (Fsp3) is 0.635. The number of hydrogen-bond acceptors (Lipinski definition) is 11. The van der Waals surface area contributed by atoms with Crippen molar-refractivity contribution >= 4 is 76.6 Å². The molecule has 4 aliphatic rings. The molecular weight excluding hydrogens is 1240 g/mol. The lowest BCUT2D eigenvalue weighted by molar-refractivity contribution is -0.152. The van der Waals surface area contributed by atoms with Crippen molar-refractivity contribution in [2.24, 2.45) is 11.8 Å². The van der Waals surface area contributed by atoms with Gasteiger partial charge in [0.15, 0.2) is 0 Å². The standard InChI is InChI=1S/C63H86ClF6N11O11/c1-11-36(2)52-59(91)77(7)34-50(84)75(5)35-51(85)79(9)47(32-40-19-23-42(24-20-40)62(65,66)67)58(90)76(6)33-48(82)72-45(26-22-39-21-25-43(44(64)31-39)63(68,69)70)57(89)81-29-14-18-46(81)55(87)74-61(27-15-28-61)60(92)80(10)53(41-16-12-13-17-41)56(88)71-37(3)30-49(83)78(8)38(4)54(86)73-52/h19-21,23-25,31,36-38,41,45-47,52-53H,11-18,22,26-30,32-35H2,1-10H3,(H,71,88)(H,72,82)(H,73,86)(H,74,87)/t36-,37+,38-,45-,46?,47-,52-,53-/m0/s1. The Kier molecular flexibility index (Phi) is 24.7. The Morgan fingerprint density at radius 3 is 1.82 bits per heavy atom. The summed E-state index contributed by atoms with van der Waals surface area (Å²) in [6, 6.07) is -1.76. The zero-order valence-corrected chi connectivity index (χ0v) is 54.5. The van der Waals surface area contributed by atoms with Crippen molar-refractivity contribution in [3.05, 3.63) is 69.7 Å². The van der Waals surface area contributed by atoms with Gasteiger partial charge in [0.05, 0.1) is 35.8 Å². The predicted octanol–water partition coefficient (Wildman–Crippen LogP) is 4.57. The first-order valence-corrected chi connectivity index (χ1v) is 31.4. The first-order valence-electron chi connectivity index (χ1n) is 31.1. The number of halogens is 7. The summed E-state index contributed by atoms with van der Waals surface area (Å²) in [6.07, 6.45) is -6.24. The molecule has 508 valence electrons. The fourth-order valence-corrected chi connectivity index (χ4v) is 12.6. The van der Waals surface area contributed by atoms with Gasteiger partial charge in [-0.1, -0.05) is 62.9 Å². The second kappa shape index (κ2) is 30.9. The maximum atomic E-state index is 14.9. The predicted molar refractivity (Wildman–Crippen MR) is 325 cm³/mol. The van der Waals surface area contributed by atoms with Crippen LogP contribution in [0.25, 0.3) is 0 Å². The van der Waals surface area contributed by atoms with Crippen LogP contribution in [0.4, 0.5) is 26.3 Å². The van der Waals surface area contributed by atoms with Crippen molar-refractivity contribution in [1.82, 2.24) is 55.6 Å². The van der Waals surface area contributed by atoms with Crippen LogP contribution in [0.5, 0.6) is 0 Å². The lowest BCUT2D eigenvalue weighted by atomic mass is 9.74. The highest BCUT2D eigenvalue weighted by atomic mass is 35.5. The molecule has 0 bridgehead atoms. The van der Waals surface area contributed by atoms with E-state index in [0.29, 0.717) is 25.7 Å². The van der Waals surface area contributed by atoms with E-state index in [1.54, 1.807) is 20.8 Å². The van der Waals surface area contributed by atoms with Crippen molar-refractivity contribution < 1.29 is 79.1 Å². The van der Waals surface area contributed by atoms with Gasteiger partial charge in [0.25, 0.3) is 0 Å². The minimum absolute atomic E-state index is 0.0124. The molecule has 2 saturated carbocycles. The monoisotopic (exact) mass is 1320 g/mol. The van der Waals surface area contributed by atoms with E-state index in [0.717, 1.165) is 74.9 Å². The van der Waals surface area contributed by atoms with Gasteiger partial charge >= 0.3 is 12.4 Å². The largest absolute Gasteiger partial charge is 0.417 e. The quantitative estimate of drug-likeness (QED) is 0.266. The number of nitrogens with one attached hydrogen (secondary N) is 4. The van der Waals surface area contributed by atoms with Crippen molar-refractivity contribution in [3.8, 4) is 0 Å². The SMILES string of the molecule is CC[C@H](C)[C@@H]1NC(=O)[C@H](C)N(C)C(=O)C[C@@H](C)NC(=O)[C@H](C2CCCC2)N(C)C(=O)C2(CCC2)NC(=O)C2CCCN2C(=O)[C@H](CCc2ccc(C(F)(F)F)c(Cl)c2)NC(=O)CN(C)C(=O)[C@H](Cc2ccc(C(F)(F)F)cc2)N(C)C(=O)CN(C)C(=O)CN(C)C1=O. The van der Waals surface area contributed by atoms with Gasteiger partial charge in [-0.15, -0.1) is 0 Å². The van der Waals surface area contributed by atoms with Crippen molar-refractivity contribution in [1.29, 1.82) is 0 Å². The van der Waals surface area contributed by atoms with Crippen LogP contribution in [-0.2, 0) is 77.9 Å². The highest BCUT2D eigenvalue weighted by molar-refractivity contribution is 6.31. The molecule has 2 aliphatic carbocycles. The second-order valence-corrected chi connectivity index (χ2v) is 25.6. The summed E-state index contributed by atoms with van der Waals surface area (Å²) in [6.45, 7) is 4.39. The zero-order valence-electron chi connectivity index (χ0n) is 53.7. The number of amides is 11. The first-order chi connectivity index (χ1) is 43.0. The molecule has 1 unspecified atom stereocenters. The number of carbonyl (C=O) groups is 11. The van der Waals surface area contributed by atoms with Gasteiger partial charge < -0.3 is 55.6 Å². The molecule has 2 aromatic carbocycles. The van der Waals surface area contributed by atoms with Crippen molar-refractivity contribution in [3.63, 3.8) is 0 Å². The Bertz CT molecular complexity index is 3070. The summed E-state index contributed by atoms with van der Waals surface area (Å²) in [5.41, 5.74) is -3.24. The topological polar surface area (TPSA) is 259 Å². The number of fused-ring (bicyclic) bond motifs is 1. The van der Waals surface area contributed by atoms with Crippen LogP contribution in [-0.4, -0.2) is 216 Å². The van der Waals surface area contributed by atoms with E-state index in [1.165, 1.54) is 63.9 Å². The van der Waals surface area contributed by atoms with E-state index in [1.807, 2.05) is 0 Å². The number of nitrogens with zero attached hydrogens (tertiary/aromatic N) is 7. The fourth-order valence-electron chi connectivity index (χ4n) is 12.3. The Balaban J connectivity index is 1.36. The van der Waals surface area contributed by atoms with Gasteiger partial charge in [0.2, 0.25) is 65.0 Å². The Labute approximate surface area is 537 Å². The van der Waals surface area contributed by atoms with Gasteiger partial charge in [-0.3, -0.25) is 52.7 Å². The smallest absolute Gasteiger partial charge is 0.351 e. The lowest BCUT2D eigenvalue weighted by Gasteiger charge is -2.46. The molecule has 29 heteroatoms. The number of likely N-dealkylation sites (N-methyl/N-ethyl adjacent to an activating group) is 6. The molecule has 22 nitrogen and oxygen atoms in total. The van der Waals surface area contributed by atoms with E-state index >= 15 is 0 Å². The molecule has 0 aromatic heterocycles. The molecule has 0 radical (unpaired) electrons. The van der Waals surface area contributed by atoms with Gasteiger partial charge in [-0.2, -0.15) is 26.3 Å². The van der Waals surface area contributed by atoms with E-state index < -0.39 is 173 Å². The molecule has 2 aromatic rings. The Morgan fingerprint density at radius 1 is 0.630 bits per heavy atom. The first kappa shape index (κ1) is 73.5. The maximum Gasteiger partial charge on any atom is 0.417 e. The lowest BCUT2D eigenvalue weighted by Crippen LogP contribution is -2.68. The zero-order chi connectivity index (χ0) is 68.5. The summed E-state index contributed by atoms with van der Waals surface area (Å²) in [5.74, 6) is -8.88. The van der Waals surface area contributed by atoms with Crippen LogP contribution in [0, 0.1) is 11.8 Å². The number of carbonyl (C=O) groups excluding carboxylic acids is 11. The second-order valence-electron chi connectivity index (χ2n) is 25.2. The molecule has 2 aliphatic heterocycles. The molecule has 8 atom stereocenters. The van der Waals surface area contributed by atoms with E-state index in [9.17, 15) is 79.1 Å². The van der Waals surface area contributed by atoms with Crippen LogP contribution in [0.2, 0.25) is 5.02 Å². The molecule has 2 heterocycles. The number of aryl methyl sites for hydroxylation is 1. The summed E-state index contributed by atoms with van der Waals surface area (Å²) < 4.78 is 82.3. The minimum atomic E-state index is -4.79. The molecule has 2 saturated heterocycles. The van der Waals surface area contributed by atoms with Gasteiger partial charge in [-0.25, -0.2) is 0 Å². The summed E-state index contributed by atoms with van der Waals surface area (Å²) in [5, 5.41) is 10.6. The highest BCUT2D eigenvalue weighted by Crippen LogP contribution is 2.39. The molecule has 11 amide bonds. The molecule has 1 spiro atoms. The van der Waals surface area contributed by atoms with Crippen molar-refractivity contribution in [2.75, 3.05) is 68.5 Å². The highest BCUT2D eigenvalue weighted by Gasteiger charge is 2.52. The van der Waals surface area contributed by atoms with Crippen LogP contribution >= 0.6 is 11.6 Å². The molecule has 4 fully saturated rings. The summed E-state index contributed by atoms with van der Waals surface area (Å²) >= 11 is 6.07. The molecular formula is C63H86ClF6N11O11. The van der Waals surface area contributed by atoms with E-state index in [-0.39, 0.29) is 68.5 Å². The average molecular weight is 1320 g/mol. The third-order valence-electron chi connectivity index (χ3n) is 18.5. The molecule has 4 N–H and O–H groups in total. The Morgan fingerprint density at radius 2 is 1.24 bits per heavy atom. The van der Waals surface area contributed by atoms with Crippen molar-refractivity contribution in [2.45, 2.75) is 178 Å². The summed E-state index contributed by atoms with van der Waals surface area (Å²) in [7, 11) is 7.81. The van der Waals surface area contributed by atoms with Gasteiger partial charge in [-0.05, 0) is 119 Å². The van der Waals surface area contributed by atoms with Gasteiger partial charge in [0.1, 0.15) is 41.8 Å². The molecule has 92 heavy (non-hydrogen) atoms. The number of alkyl halides is 6. The van der Waals surface area contributed by atoms with Crippen LogP contribution in [0.1, 0.15) is 127 Å². The van der Waals surface area contributed by atoms with E-state index in [2.05, 4.69) is 21.3 Å². The van der Waals surface area contributed by atoms with Crippen LogP contribution in [0.15, 0.2) is 42.5 Å². The number of benzene rings is 2. The summed E-state index contributed by atoms with van der Waals surface area (Å²) in [4.78, 5) is 166. The third-order valence-corrected chi connectivity index (χ3v) is 18.8. The Hall–Kier alpha value is -7.52. The third kappa shape index (κ3) is 18.0. The average Bonchev–Trinajstić information content (AvgIpc) is 1.05. The molecule has 6 rings (SSSR count). The van der Waals surface area contributed by atoms with E-state index in [4.69, 9.17) is 11.6 Å². The maximum absolute atomic E-state index is 14.9. The minimum Gasteiger partial charge on any atom is -0.351 e. The number of hydrogen-bond donors (Lipinski definition) is 4. The van der Waals surface area contributed by atoms with Gasteiger partial charge in [0, 0.05) is 67.7 Å². The van der Waals surface area contributed by atoms with Crippen LogP contribution in [0.3, 0.4) is 0 Å².